The van der Waals surface area contributed by atoms with Crippen LogP contribution < -0.4 is 10.9 Å². The minimum atomic E-state index is -0.157. The monoisotopic (exact) mass is 461 g/mol. The fourth-order valence-electron chi connectivity index (χ4n) is 3.68. The molecule has 2 aromatic carbocycles. The molecular formula is C25H27N5O2S. The predicted octanol–water partition coefficient (Wildman–Crippen LogP) is 4.52. The van der Waals surface area contributed by atoms with Crippen LogP contribution in [0.3, 0.4) is 0 Å². The number of likely N-dealkylation sites (N-methyl/N-ethyl adjacent to an activating group) is 1. The normalized spacial score (nSPS) is 11.3. The van der Waals surface area contributed by atoms with Crippen LogP contribution >= 0.6 is 11.8 Å². The molecule has 0 spiro atoms. The summed E-state index contributed by atoms with van der Waals surface area (Å²) >= 11 is 1.61. The van der Waals surface area contributed by atoms with E-state index < -0.39 is 0 Å². The van der Waals surface area contributed by atoms with Crippen molar-refractivity contribution in [1.82, 2.24) is 20.1 Å². The van der Waals surface area contributed by atoms with Gasteiger partial charge in [-0.1, -0.05) is 43.3 Å². The van der Waals surface area contributed by atoms with E-state index in [1.807, 2.05) is 73.6 Å². The van der Waals surface area contributed by atoms with E-state index in [-0.39, 0.29) is 11.5 Å². The number of aromatic nitrogens is 3. The van der Waals surface area contributed by atoms with Crippen molar-refractivity contribution >= 4 is 34.3 Å². The zero-order chi connectivity index (χ0) is 23.4. The Morgan fingerprint density at radius 1 is 1.09 bits per heavy atom. The maximum Gasteiger partial charge on any atom is 0.273 e. The number of aryl methyl sites for hydroxylation is 1. The maximum atomic E-state index is 12.5. The molecule has 0 aliphatic heterocycles. The summed E-state index contributed by atoms with van der Waals surface area (Å²) in [7, 11) is 3.72. The topological polar surface area (TPSA) is 93.9 Å². The van der Waals surface area contributed by atoms with Crippen LogP contribution in [-0.4, -0.2) is 46.6 Å². The SMILES string of the molecule is CCCc1[nH][nH]c(=O)c1-c1cc(Sc2ccc(NC(=O)CN(C)C)cc2)c2ccccc2n1. The van der Waals surface area contributed by atoms with Crippen LogP contribution in [0.15, 0.2) is 69.2 Å². The highest BCUT2D eigenvalue weighted by Gasteiger charge is 2.16. The molecule has 1 amide bonds. The van der Waals surface area contributed by atoms with Crippen LogP contribution in [-0.2, 0) is 11.2 Å². The van der Waals surface area contributed by atoms with E-state index in [0.717, 1.165) is 44.9 Å². The Morgan fingerprint density at radius 2 is 1.85 bits per heavy atom. The maximum absolute atomic E-state index is 12.5. The third kappa shape index (κ3) is 5.35. The van der Waals surface area contributed by atoms with Crippen LogP contribution in [0.5, 0.6) is 0 Å². The first-order valence-corrected chi connectivity index (χ1v) is 11.7. The number of carbonyl (C=O) groups is 1. The minimum absolute atomic E-state index is 0.0511. The summed E-state index contributed by atoms with van der Waals surface area (Å²) in [5.41, 5.74) is 3.58. The number of carbonyl (C=O) groups excluding carboxylic acids is 1. The second-order valence-corrected chi connectivity index (χ2v) is 9.23. The molecule has 0 saturated heterocycles. The van der Waals surface area contributed by atoms with Crippen molar-refractivity contribution in [2.24, 2.45) is 0 Å². The molecule has 0 saturated carbocycles. The van der Waals surface area contributed by atoms with Crippen molar-refractivity contribution in [2.75, 3.05) is 26.0 Å². The molecule has 0 unspecified atom stereocenters. The number of nitrogens with zero attached hydrogens (tertiary/aromatic N) is 2. The molecule has 4 rings (SSSR count). The van der Waals surface area contributed by atoms with Gasteiger partial charge in [0.25, 0.3) is 5.56 Å². The van der Waals surface area contributed by atoms with E-state index in [4.69, 9.17) is 4.98 Å². The zero-order valence-electron chi connectivity index (χ0n) is 18.9. The molecule has 0 radical (unpaired) electrons. The Hall–Kier alpha value is -3.36. The molecule has 33 heavy (non-hydrogen) atoms. The number of amides is 1. The van der Waals surface area contributed by atoms with Crippen LogP contribution in [0.25, 0.3) is 22.2 Å². The van der Waals surface area contributed by atoms with E-state index in [1.165, 1.54) is 0 Å². The van der Waals surface area contributed by atoms with Gasteiger partial charge in [0, 0.05) is 26.6 Å². The Bertz CT molecular complexity index is 1320. The fraction of sp³-hybridized carbons (Fsp3) is 0.240. The molecule has 4 aromatic rings. The molecule has 0 bridgehead atoms. The molecule has 2 aromatic heterocycles. The number of fused-ring (bicyclic) bond motifs is 1. The number of aromatic amines is 2. The molecule has 0 fully saturated rings. The summed E-state index contributed by atoms with van der Waals surface area (Å²) in [6.07, 6.45) is 1.69. The zero-order valence-corrected chi connectivity index (χ0v) is 19.8. The molecular weight excluding hydrogens is 434 g/mol. The van der Waals surface area contributed by atoms with E-state index >= 15 is 0 Å². The van der Waals surface area contributed by atoms with Crippen molar-refractivity contribution in [3.63, 3.8) is 0 Å². The largest absolute Gasteiger partial charge is 0.325 e. The number of hydrogen-bond donors (Lipinski definition) is 3. The second kappa shape index (κ2) is 10.1. The molecule has 170 valence electrons. The van der Waals surface area contributed by atoms with Crippen molar-refractivity contribution in [1.29, 1.82) is 0 Å². The second-order valence-electron chi connectivity index (χ2n) is 8.12. The molecule has 0 aliphatic carbocycles. The summed E-state index contributed by atoms with van der Waals surface area (Å²) in [6, 6.07) is 17.7. The highest BCUT2D eigenvalue weighted by atomic mass is 32.2. The Kier molecular flexibility index (Phi) is 6.96. The molecule has 0 aliphatic rings. The third-order valence-electron chi connectivity index (χ3n) is 5.12. The molecule has 0 atom stereocenters. The summed E-state index contributed by atoms with van der Waals surface area (Å²) in [4.78, 5) is 33.2. The smallest absolute Gasteiger partial charge is 0.273 e. The van der Waals surface area contributed by atoms with Gasteiger partial charge in [-0.25, -0.2) is 4.98 Å². The lowest BCUT2D eigenvalue weighted by Crippen LogP contribution is -2.26. The number of benzene rings is 2. The lowest BCUT2D eigenvalue weighted by molar-refractivity contribution is -0.116. The standard InChI is InChI=1S/C25H27N5O2S/c1-4-7-20-24(25(32)29-28-20)21-14-22(18-8-5-6-9-19(18)27-21)33-17-12-10-16(11-13-17)26-23(31)15-30(2)3/h5-6,8-14H,4,7,15H2,1-3H3,(H,26,31)(H2,28,29,32). The number of H-pyrrole nitrogens is 2. The van der Waals surface area contributed by atoms with Gasteiger partial charge in [-0.2, -0.15) is 0 Å². The Labute approximate surface area is 196 Å². The predicted molar refractivity (Wildman–Crippen MR) is 134 cm³/mol. The van der Waals surface area contributed by atoms with Crippen LogP contribution in [0.4, 0.5) is 5.69 Å². The average molecular weight is 462 g/mol. The van der Waals surface area contributed by atoms with Crippen LogP contribution in [0, 0.1) is 0 Å². The quantitative estimate of drug-likeness (QED) is 0.359. The van der Waals surface area contributed by atoms with Gasteiger partial charge < -0.3 is 15.3 Å². The molecule has 7 nitrogen and oxygen atoms in total. The number of hydrogen-bond acceptors (Lipinski definition) is 5. The number of pyridine rings is 1. The first kappa shape index (κ1) is 22.8. The number of para-hydroxylation sites is 1. The van der Waals surface area contributed by atoms with Crippen LogP contribution in [0.1, 0.15) is 19.0 Å². The lowest BCUT2D eigenvalue weighted by atomic mass is 10.1. The highest BCUT2D eigenvalue weighted by Crippen LogP contribution is 2.36. The summed E-state index contributed by atoms with van der Waals surface area (Å²) in [5.74, 6) is -0.0511. The molecule has 2 heterocycles. The van der Waals surface area contributed by atoms with Gasteiger partial charge in [0.1, 0.15) is 0 Å². The molecule has 8 heteroatoms. The molecule has 3 N–H and O–H groups in total. The van der Waals surface area contributed by atoms with Gasteiger partial charge in [0.05, 0.1) is 23.3 Å². The number of rotatable bonds is 8. The summed E-state index contributed by atoms with van der Waals surface area (Å²) in [5, 5.41) is 9.64. The Morgan fingerprint density at radius 3 is 2.58 bits per heavy atom. The van der Waals surface area contributed by atoms with Gasteiger partial charge >= 0.3 is 0 Å². The van der Waals surface area contributed by atoms with Crippen LogP contribution in [0.2, 0.25) is 0 Å². The first-order valence-electron chi connectivity index (χ1n) is 10.9. The fourth-order valence-corrected chi connectivity index (χ4v) is 4.66. The number of anilines is 1. The van der Waals surface area contributed by atoms with E-state index in [1.54, 1.807) is 11.8 Å². The van der Waals surface area contributed by atoms with Gasteiger partial charge in [-0.3, -0.25) is 14.7 Å². The third-order valence-corrected chi connectivity index (χ3v) is 6.18. The van der Waals surface area contributed by atoms with Crippen molar-refractivity contribution in [3.05, 3.63) is 70.6 Å². The van der Waals surface area contributed by atoms with E-state index in [9.17, 15) is 9.59 Å². The Balaban J connectivity index is 1.66. The lowest BCUT2D eigenvalue weighted by Gasteiger charge is -2.11. The van der Waals surface area contributed by atoms with E-state index in [2.05, 4.69) is 22.4 Å². The van der Waals surface area contributed by atoms with Gasteiger partial charge in [0.2, 0.25) is 5.91 Å². The van der Waals surface area contributed by atoms with E-state index in [0.29, 0.717) is 17.8 Å². The summed E-state index contributed by atoms with van der Waals surface area (Å²) < 4.78 is 0. The first-order chi connectivity index (χ1) is 15.9. The van der Waals surface area contributed by atoms with Gasteiger partial charge in [-0.15, -0.1) is 0 Å². The average Bonchev–Trinajstić information content (AvgIpc) is 3.14. The number of nitrogens with one attached hydrogen (secondary N) is 3. The van der Waals surface area contributed by atoms with Crippen molar-refractivity contribution < 1.29 is 4.79 Å². The van der Waals surface area contributed by atoms with Crippen molar-refractivity contribution in [2.45, 2.75) is 29.6 Å². The highest BCUT2D eigenvalue weighted by molar-refractivity contribution is 7.99. The minimum Gasteiger partial charge on any atom is -0.325 e. The summed E-state index contributed by atoms with van der Waals surface area (Å²) in [6.45, 7) is 2.41. The van der Waals surface area contributed by atoms with Gasteiger partial charge in [-0.05, 0) is 56.9 Å². The van der Waals surface area contributed by atoms with Gasteiger partial charge in [0.15, 0.2) is 0 Å². The van der Waals surface area contributed by atoms with Crippen molar-refractivity contribution in [3.8, 4) is 11.3 Å².